The number of aromatic nitrogens is 3. The number of carbonyl (C=O) groups is 1. The molecule has 2 heterocycles. The number of hydrogen-bond acceptors (Lipinski definition) is 6. The van der Waals surface area contributed by atoms with Gasteiger partial charge in [0.05, 0.1) is 24.4 Å². The van der Waals surface area contributed by atoms with Gasteiger partial charge in [-0.2, -0.15) is 13.2 Å². The molecule has 2 aromatic carbocycles. The van der Waals surface area contributed by atoms with Crippen molar-refractivity contribution >= 4 is 5.97 Å². The highest BCUT2D eigenvalue weighted by molar-refractivity contribution is 5.76. The Morgan fingerprint density at radius 3 is 2.37 bits per heavy atom. The molecule has 0 bridgehead atoms. The molecule has 2 aromatic heterocycles. The number of nitrogens with one attached hydrogen (secondary N) is 1. The maximum absolute atomic E-state index is 12.8. The van der Waals surface area contributed by atoms with Gasteiger partial charge in [-0.15, -0.1) is 0 Å². The number of methoxy groups -OCH3 is 1. The van der Waals surface area contributed by atoms with Crippen LogP contribution in [-0.4, -0.2) is 34.6 Å². The van der Waals surface area contributed by atoms with Crippen molar-refractivity contribution in [1.29, 1.82) is 0 Å². The normalized spacial score (nSPS) is 11.7. The number of H-pyrrole nitrogens is 1. The molecule has 4 aromatic rings. The van der Waals surface area contributed by atoms with Gasteiger partial charge in [0.2, 0.25) is 0 Å². The number of hydrogen-bond donors (Lipinski definition) is 1. The Bertz CT molecular complexity index is 1380. The Labute approximate surface area is 217 Å². The zero-order valence-corrected chi connectivity index (χ0v) is 21.0. The van der Waals surface area contributed by atoms with Gasteiger partial charge < -0.3 is 19.2 Å². The molecule has 4 rings (SSSR count). The summed E-state index contributed by atoms with van der Waals surface area (Å²) in [6.07, 6.45) is -2.33. The molecule has 0 radical (unpaired) electrons. The van der Waals surface area contributed by atoms with Gasteiger partial charge in [-0.1, -0.05) is 30.3 Å². The van der Waals surface area contributed by atoms with E-state index >= 15 is 0 Å². The molecule has 0 aliphatic rings. The summed E-state index contributed by atoms with van der Waals surface area (Å²) in [6, 6.07) is 17.9. The van der Waals surface area contributed by atoms with Crippen LogP contribution >= 0.6 is 0 Å². The van der Waals surface area contributed by atoms with Crippen LogP contribution in [0.2, 0.25) is 0 Å². The second-order valence-electron chi connectivity index (χ2n) is 9.17. The molecule has 0 saturated heterocycles. The van der Waals surface area contributed by atoms with Crippen LogP contribution in [0.25, 0.3) is 22.6 Å². The lowest BCUT2D eigenvalue weighted by Crippen LogP contribution is -2.32. The first-order valence-corrected chi connectivity index (χ1v) is 11.7. The monoisotopic (exact) mass is 525 g/mol. The molecule has 10 heteroatoms. The number of imidazole rings is 1. The van der Waals surface area contributed by atoms with Crippen molar-refractivity contribution < 1.29 is 32.2 Å². The number of pyridine rings is 1. The summed E-state index contributed by atoms with van der Waals surface area (Å²) in [6.45, 7) is 3.75. The fourth-order valence-electron chi connectivity index (χ4n) is 3.52. The predicted molar refractivity (Wildman–Crippen MR) is 134 cm³/mol. The first kappa shape index (κ1) is 26.7. The number of benzene rings is 2. The van der Waals surface area contributed by atoms with Gasteiger partial charge in [-0.25, -0.2) is 4.98 Å². The van der Waals surface area contributed by atoms with Crippen molar-refractivity contribution in [2.24, 2.45) is 5.41 Å². The fraction of sp³-hybridized carbons (Fsp3) is 0.250. The largest absolute Gasteiger partial charge is 0.496 e. The van der Waals surface area contributed by atoms with Gasteiger partial charge in [0, 0.05) is 23.4 Å². The van der Waals surface area contributed by atoms with E-state index in [2.05, 4.69) is 15.0 Å². The van der Waals surface area contributed by atoms with E-state index in [4.69, 9.17) is 14.2 Å². The van der Waals surface area contributed by atoms with E-state index in [9.17, 15) is 18.0 Å². The number of rotatable bonds is 9. The molecule has 0 unspecified atom stereocenters. The molecule has 1 N–H and O–H groups in total. The van der Waals surface area contributed by atoms with Crippen LogP contribution in [0.1, 0.15) is 25.1 Å². The Morgan fingerprint density at radius 1 is 0.974 bits per heavy atom. The van der Waals surface area contributed by atoms with Crippen molar-refractivity contribution in [3.8, 4) is 34.1 Å². The molecule has 0 fully saturated rings. The quantitative estimate of drug-likeness (QED) is 0.258. The summed E-state index contributed by atoms with van der Waals surface area (Å²) in [7, 11) is 1.50. The third-order valence-electron chi connectivity index (χ3n) is 5.73. The van der Waals surface area contributed by atoms with Crippen LogP contribution in [0.3, 0.4) is 0 Å². The highest BCUT2D eigenvalue weighted by Gasteiger charge is 2.33. The van der Waals surface area contributed by atoms with Crippen LogP contribution in [-0.2, 0) is 22.3 Å². The zero-order chi connectivity index (χ0) is 27.3. The second kappa shape index (κ2) is 11.0. The molecule has 0 saturated carbocycles. The standard InChI is InChI=1S/C28H26F3N3O4/c1-27(2,26(35)37-16-18-7-5-4-6-8-18)17-38-20-10-11-21(23(13-20)36-3)22-12-9-19(14-32-22)25-33-15-24(34-25)28(29,30)31/h4-15H,16-17H2,1-3H3,(H,33,34). The zero-order valence-electron chi connectivity index (χ0n) is 21.0. The number of alkyl halides is 3. The van der Waals surface area contributed by atoms with E-state index < -0.39 is 17.3 Å². The van der Waals surface area contributed by atoms with Crippen LogP contribution in [0.5, 0.6) is 11.5 Å². The minimum Gasteiger partial charge on any atom is -0.496 e. The van der Waals surface area contributed by atoms with Gasteiger partial charge in [0.25, 0.3) is 0 Å². The highest BCUT2D eigenvalue weighted by Crippen LogP contribution is 2.34. The molecular formula is C28H26F3N3O4. The van der Waals surface area contributed by atoms with Gasteiger partial charge in [0.15, 0.2) is 0 Å². The van der Waals surface area contributed by atoms with Gasteiger partial charge in [-0.3, -0.25) is 9.78 Å². The van der Waals surface area contributed by atoms with Crippen LogP contribution in [0, 0.1) is 5.41 Å². The summed E-state index contributed by atoms with van der Waals surface area (Å²) in [5.41, 5.74) is 0.685. The molecule has 0 aliphatic carbocycles. The Balaban J connectivity index is 1.41. The minimum atomic E-state index is -4.51. The molecule has 7 nitrogen and oxygen atoms in total. The summed E-state index contributed by atoms with van der Waals surface area (Å²) in [4.78, 5) is 23.0. The van der Waals surface area contributed by atoms with Crippen molar-refractivity contribution in [2.45, 2.75) is 26.6 Å². The van der Waals surface area contributed by atoms with Gasteiger partial charge in [0.1, 0.15) is 36.2 Å². The first-order valence-electron chi connectivity index (χ1n) is 11.7. The number of nitrogens with zero attached hydrogens (tertiary/aromatic N) is 2. The molecule has 198 valence electrons. The van der Waals surface area contributed by atoms with Gasteiger partial charge in [-0.05, 0) is 43.7 Å². The summed E-state index contributed by atoms with van der Waals surface area (Å²) >= 11 is 0. The van der Waals surface area contributed by atoms with E-state index in [0.29, 0.717) is 28.3 Å². The lowest BCUT2D eigenvalue weighted by molar-refractivity contribution is -0.157. The number of carbonyl (C=O) groups excluding carboxylic acids is 1. The summed E-state index contributed by atoms with van der Waals surface area (Å²) < 4.78 is 55.4. The molecule has 0 amide bonds. The van der Waals surface area contributed by atoms with E-state index in [1.165, 1.54) is 13.3 Å². The van der Waals surface area contributed by atoms with Gasteiger partial charge >= 0.3 is 12.1 Å². The molecule has 0 spiro atoms. The maximum atomic E-state index is 12.8. The topological polar surface area (TPSA) is 86.3 Å². The Hall–Kier alpha value is -4.34. The average molecular weight is 526 g/mol. The lowest BCUT2D eigenvalue weighted by atomic mass is 9.95. The van der Waals surface area contributed by atoms with E-state index in [1.54, 1.807) is 44.2 Å². The smallest absolute Gasteiger partial charge is 0.432 e. The molecular weight excluding hydrogens is 499 g/mol. The van der Waals surface area contributed by atoms with Crippen LogP contribution < -0.4 is 9.47 Å². The summed E-state index contributed by atoms with van der Waals surface area (Å²) in [5, 5.41) is 0. The SMILES string of the molecule is COc1cc(OCC(C)(C)C(=O)OCc2ccccc2)ccc1-c1ccc(-c2ncc(C(F)(F)F)[nH]2)cn1. The van der Waals surface area contributed by atoms with E-state index in [0.717, 1.165) is 11.8 Å². The Morgan fingerprint density at radius 2 is 1.74 bits per heavy atom. The second-order valence-corrected chi connectivity index (χ2v) is 9.17. The van der Waals surface area contributed by atoms with Crippen molar-refractivity contribution in [2.75, 3.05) is 13.7 Å². The number of esters is 1. The average Bonchev–Trinajstić information content (AvgIpc) is 3.42. The Kier molecular flexibility index (Phi) is 7.70. The number of halogens is 3. The summed E-state index contributed by atoms with van der Waals surface area (Å²) in [5.74, 6) is 0.649. The molecule has 38 heavy (non-hydrogen) atoms. The lowest BCUT2D eigenvalue weighted by Gasteiger charge is -2.23. The number of aromatic amines is 1. The maximum Gasteiger partial charge on any atom is 0.432 e. The predicted octanol–water partition coefficient (Wildman–Crippen LogP) is 6.31. The first-order chi connectivity index (χ1) is 18.1. The fourth-order valence-corrected chi connectivity index (χ4v) is 3.52. The van der Waals surface area contributed by atoms with Crippen molar-refractivity contribution in [1.82, 2.24) is 15.0 Å². The molecule has 0 atom stereocenters. The van der Waals surface area contributed by atoms with E-state index in [-0.39, 0.29) is 25.0 Å². The van der Waals surface area contributed by atoms with Crippen LogP contribution in [0.4, 0.5) is 13.2 Å². The van der Waals surface area contributed by atoms with Crippen molar-refractivity contribution in [3.05, 3.63) is 84.3 Å². The third kappa shape index (κ3) is 6.31. The minimum absolute atomic E-state index is 0.0667. The highest BCUT2D eigenvalue weighted by atomic mass is 19.4. The van der Waals surface area contributed by atoms with Crippen LogP contribution in [0.15, 0.2) is 73.1 Å². The number of ether oxygens (including phenoxy) is 3. The van der Waals surface area contributed by atoms with Crippen molar-refractivity contribution in [3.63, 3.8) is 0 Å². The van der Waals surface area contributed by atoms with E-state index in [1.807, 2.05) is 30.3 Å². The molecule has 0 aliphatic heterocycles. The third-order valence-corrected chi connectivity index (χ3v) is 5.73.